The standard InChI is InChI=1S/C24H24BN5O3S2/c31-13-19(32)22-25-35-24(29-22)30-23-21(33-20-8-3-7-18-17(20)6-4-10-27-18)11-16(12-28-23)34-14-15-5-1-2-9-26-15/h1-2,4-6,9-12,19-20,31-32H,3,7-8,13-14H2,(H,28,29,30). The number of hydrogen-bond acceptors (Lipinski definition) is 9. The fourth-order valence-corrected chi connectivity index (χ4v) is 5.43. The van der Waals surface area contributed by atoms with E-state index >= 15 is 0 Å². The summed E-state index contributed by atoms with van der Waals surface area (Å²) in [4.78, 5) is 22.7. The summed E-state index contributed by atoms with van der Waals surface area (Å²) >= 11 is 2.97. The Bertz CT molecular complexity index is 1350. The Labute approximate surface area is 211 Å². The molecule has 178 valence electrons. The van der Waals surface area contributed by atoms with Crippen LogP contribution in [0.3, 0.4) is 0 Å². The molecule has 3 N–H and O–H groups in total. The van der Waals surface area contributed by atoms with Gasteiger partial charge in [-0.05, 0) is 6.07 Å². The van der Waals surface area contributed by atoms with E-state index in [-0.39, 0.29) is 12.7 Å². The normalized spacial score (nSPS) is 16.5. The van der Waals surface area contributed by atoms with E-state index in [4.69, 9.17) is 4.74 Å². The van der Waals surface area contributed by atoms with Crippen LogP contribution < -0.4 is 9.54 Å². The third-order valence-electron chi connectivity index (χ3n) is 5.63. The van der Waals surface area contributed by atoms with Gasteiger partial charge in [0.25, 0.3) is 0 Å². The Morgan fingerprint density at radius 1 is 1.23 bits per heavy atom. The number of rotatable bonds is 8. The number of hydrogen-bond donors (Lipinski definition) is 3. The third kappa shape index (κ3) is 5.87. The molecule has 4 heterocycles. The van der Waals surface area contributed by atoms with Crippen molar-refractivity contribution in [3.8, 4) is 5.75 Å². The molecule has 0 aromatic carbocycles. The Morgan fingerprint density at radius 2 is 2.14 bits per heavy atom. The summed E-state index contributed by atoms with van der Waals surface area (Å²) in [5.74, 6) is 1.76. The molecule has 35 heavy (non-hydrogen) atoms. The second-order valence-corrected chi connectivity index (χ2v) is 9.98. The van der Waals surface area contributed by atoms with Crippen LogP contribution in [0.1, 0.15) is 47.6 Å². The summed E-state index contributed by atoms with van der Waals surface area (Å²) in [5.41, 5.74) is 3.68. The van der Waals surface area contributed by atoms with Crippen LogP contribution in [0.15, 0.2) is 64.9 Å². The molecule has 2 atom stereocenters. The zero-order chi connectivity index (χ0) is 24.0. The number of H-pyrrole nitrogens is 1. The molecule has 2 unspecified atom stereocenters. The topological polar surface area (TPSA) is 117 Å². The van der Waals surface area contributed by atoms with E-state index in [2.05, 4.69) is 31.0 Å². The van der Waals surface area contributed by atoms with Gasteiger partial charge >= 0.3 is 206 Å². The van der Waals surface area contributed by atoms with E-state index in [1.54, 1.807) is 30.3 Å². The summed E-state index contributed by atoms with van der Waals surface area (Å²) in [5, 5.41) is 19.1. The molecule has 1 aliphatic carbocycles. The SMILES string of the molecule is OCC(O)c1bs/c(=N\c2ncc(SCc3ccccn3)cc2OC2CCCc3ncccc32)[nH]1. The molecule has 4 aromatic heterocycles. The van der Waals surface area contributed by atoms with E-state index < -0.39 is 6.10 Å². The minimum absolute atomic E-state index is 0.127. The number of nitrogens with one attached hydrogen (secondary N) is 1. The molecular weight excluding hydrogens is 481 g/mol. The molecular formula is C24H24BN5O3S2. The van der Waals surface area contributed by atoms with Crippen molar-refractivity contribution in [3.63, 3.8) is 0 Å². The van der Waals surface area contributed by atoms with Gasteiger partial charge < -0.3 is 0 Å². The van der Waals surface area contributed by atoms with Crippen LogP contribution in [0.5, 0.6) is 5.75 Å². The van der Waals surface area contributed by atoms with Crippen LogP contribution >= 0.6 is 22.9 Å². The first-order valence-corrected chi connectivity index (χ1v) is 13.2. The molecule has 5 rings (SSSR count). The number of aryl methyl sites for hydroxylation is 1. The van der Waals surface area contributed by atoms with Gasteiger partial charge in [-0.25, -0.2) is 0 Å². The van der Waals surface area contributed by atoms with Crippen LogP contribution in [0.25, 0.3) is 0 Å². The van der Waals surface area contributed by atoms with Gasteiger partial charge in [0, 0.05) is 0 Å². The molecule has 4 aromatic rings. The molecule has 0 saturated heterocycles. The number of ether oxygens (including phenoxy) is 1. The molecule has 8 nitrogen and oxygen atoms in total. The number of aliphatic hydroxyl groups excluding tert-OH is 2. The van der Waals surface area contributed by atoms with Gasteiger partial charge in [-0.2, -0.15) is 0 Å². The Kier molecular flexibility index (Phi) is 7.68. The Balaban J connectivity index is 1.46. The first kappa shape index (κ1) is 23.9. The fourth-order valence-electron chi connectivity index (χ4n) is 3.86. The first-order chi connectivity index (χ1) is 17.2. The molecule has 0 saturated carbocycles. The predicted molar refractivity (Wildman–Crippen MR) is 136 cm³/mol. The molecule has 0 radical (unpaired) electrons. The van der Waals surface area contributed by atoms with Crippen molar-refractivity contribution in [1.29, 1.82) is 0 Å². The van der Waals surface area contributed by atoms with Crippen molar-refractivity contribution in [1.82, 2.24) is 19.9 Å². The summed E-state index contributed by atoms with van der Waals surface area (Å²) in [6.07, 6.45) is 8.88. The predicted octanol–water partition coefficient (Wildman–Crippen LogP) is 3.61. The molecule has 0 bridgehead atoms. The van der Waals surface area contributed by atoms with Crippen LogP contribution in [-0.2, 0) is 12.2 Å². The molecule has 0 aliphatic heterocycles. The minimum atomic E-state index is -0.976. The van der Waals surface area contributed by atoms with Gasteiger partial charge in [-0.1, -0.05) is 0 Å². The van der Waals surface area contributed by atoms with E-state index in [0.717, 1.165) is 46.9 Å². The van der Waals surface area contributed by atoms with Crippen LogP contribution in [0.4, 0.5) is 5.82 Å². The van der Waals surface area contributed by atoms with Crippen LogP contribution in [0, 0.1) is 0 Å². The van der Waals surface area contributed by atoms with E-state index in [9.17, 15) is 10.2 Å². The van der Waals surface area contributed by atoms with Gasteiger partial charge in [-0.15, -0.1) is 0 Å². The molecule has 11 heteroatoms. The fraction of sp³-hybridized carbons (Fsp3) is 0.292. The number of aromatic amines is 1. The maximum atomic E-state index is 9.89. The summed E-state index contributed by atoms with van der Waals surface area (Å²) in [6, 6.07) is 11.9. The summed E-state index contributed by atoms with van der Waals surface area (Å²) in [6.45, 7) is -0.364. The number of thioether (sulfide) groups is 1. The van der Waals surface area contributed by atoms with Gasteiger partial charge in [-0.3, -0.25) is 0 Å². The van der Waals surface area contributed by atoms with Gasteiger partial charge in [0.2, 0.25) is 0 Å². The zero-order valence-electron chi connectivity index (χ0n) is 18.9. The van der Waals surface area contributed by atoms with Gasteiger partial charge in [0.05, 0.1) is 0 Å². The van der Waals surface area contributed by atoms with Crippen molar-refractivity contribution < 1.29 is 14.9 Å². The molecule has 1 aliphatic rings. The summed E-state index contributed by atoms with van der Waals surface area (Å²) < 4.78 is 6.53. The average Bonchev–Trinajstić information content (AvgIpc) is 3.38. The van der Waals surface area contributed by atoms with Crippen LogP contribution in [-0.4, -0.2) is 42.9 Å². The number of nitrogens with zero attached hydrogens (tertiary/aromatic N) is 4. The van der Waals surface area contributed by atoms with E-state index in [1.165, 1.54) is 11.2 Å². The quantitative estimate of drug-likeness (QED) is 0.313. The average molecular weight is 505 g/mol. The van der Waals surface area contributed by atoms with Crippen molar-refractivity contribution in [2.75, 3.05) is 6.61 Å². The number of pyridine rings is 3. The summed E-state index contributed by atoms with van der Waals surface area (Å²) in [7, 11) is 0. The van der Waals surface area contributed by atoms with Gasteiger partial charge in [0.1, 0.15) is 0 Å². The Hall–Kier alpha value is -2.86. The monoisotopic (exact) mass is 505 g/mol. The number of fused-ring (bicyclic) bond motifs is 1. The Morgan fingerprint density at radius 3 is 3.00 bits per heavy atom. The van der Waals surface area contributed by atoms with Crippen molar-refractivity contribution in [2.45, 2.75) is 42.1 Å². The third-order valence-corrected chi connectivity index (χ3v) is 7.42. The molecule has 0 fully saturated rings. The second kappa shape index (κ2) is 11.3. The van der Waals surface area contributed by atoms with E-state index in [1.807, 2.05) is 36.5 Å². The van der Waals surface area contributed by atoms with Gasteiger partial charge in [0.15, 0.2) is 0 Å². The first-order valence-electron chi connectivity index (χ1n) is 11.3. The van der Waals surface area contributed by atoms with Crippen molar-refractivity contribution >= 4 is 34.9 Å². The second-order valence-electron chi connectivity index (χ2n) is 8.07. The molecule has 0 spiro atoms. The zero-order valence-corrected chi connectivity index (χ0v) is 20.5. The van der Waals surface area contributed by atoms with Crippen LogP contribution in [0.2, 0.25) is 0 Å². The van der Waals surface area contributed by atoms with Crippen molar-refractivity contribution in [3.05, 3.63) is 82.3 Å². The van der Waals surface area contributed by atoms with Crippen molar-refractivity contribution in [2.24, 2.45) is 4.99 Å². The maximum absolute atomic E-state index is 9.89. The number of aliphatic hydroxyl groups is 2. The van der Waals surface area contributed by atoms with E-state index in [0.29, 0.717) is 22.0 Å². The molecule has 0 amide bonds. The number of aromatic nitrogens is 4.